The summed E-state index contributed by atoms with van der Waals surface area (Å²) in [6.45, 7) is 4.40. The summed E-state index contributed by atoms with van der Waals surface area (Å²) in [5, 5.41) is 0. The summed E-state index contributed by atoms with van der Waals surface area (Å²) in [5.74, 6) is 2.45. The number of rotatable bonds is 10. The van der Waals surface area contributed by atoms with Gasteiger partial charge >= 0.3 is 18.0 Å². The van der Waals surface area contributed by atoms with Gasteiger partial charge in [0.15, 0.2) is 16.6 Å². The highest BCUT2D eigenvalue weighted by Crippen LogP contribution is 2.58. The van der Waals surface area contributed by atoms with Crippen LogP contribution in [-0.2, 0) is 13.6 Å². The molecule has 0 aromatic heterocycles. The van der Waals surface area contributed by atoms with E-state index in [-0.39, 0.29) is 30.5 Å². The minimum atomic E-state index is -5.89. The fraction of sp³-hybridized carbons (Fsp3) is 0.897. The van der Waals surface area contributed by atoms with Crippen molar-refractivity contribution in [2.75, 3.05) is 0 Å². The zero-order chi connectivity index (χ0) is 36.0. The molecule has 40 heavy (non-hydrogen) atoms. The first-order valence-electron chi connectivity index (χ1n) is 16.9. The van der Waals surface area contributed by atoms with Gasteiger partial charge in [-0.25, -0.2) is 0 Å². The molecule has 0 amide bonds. The van der Waals surface area contributed by atoms with E-state index in [4.69, 9.17) is 17.1 Å². The lowest BCUT2D eigenvalue weighted by molar-refractivity contribution is -0.336. The van der Waals surface area contributed by atoms with E-state index in [9.17, 15) is 31.1 Å². The summed E-state index contributed by atoms with van der Waals surface area (Å²) < 4.78 is 145. The van der Waals surface area contributed by atoms with Crippen molar-refractivity contribution in [3.05, 3.63) is 0 Å². The Kier molecular flexibility index (Phi) is 8.06. The summed E-state index contributed by atoms with van der Waals surface area (Å²) in [7, 11) is -6.21. The summed E-state index contributed by atoms with van der Waals surface area (Å²) in [6, 6.07) is 0. The van der Waals surface area contributed by atoms with Crippen molar-refractivity contribution >= 4 is 22.4 Å². The number of ketones is 1. The van der Waals surface area contributed by atoms with Crippen LogP contribution in [-0.4, -0.2) is 46.0 Å². The second-order valence-electron chi connectivity index (χ2n) is 13.7. The minimum absolute atomic E-state index is 0.0477. The number of carbonyl (C=O) groups is 1. The Morgan fingerprint density at radius 2 is 1.57 bits per heavy atom. The lowest BCUT2D eigenvalue weighted by Gasteiger charge is -2.43. The number of Topliss-reactive ketones (excluding diaryl/α,β-unsaturated/α-hetero) is 1. The van der Waals surface area contributed by atoms with Gasteiger partial charge in [0.1, 0.15) is 5.78 Å². The molecule has 2 rings (SSSR count). The van der Waals surface area contributed by atoms with E-state index in [2.05, 4.69) is 5.92 Å². The molecule has 0 aliphatic heterocycles. The Labute approximate surface area is 247 Å². The monoisotopic (exact) mass is 620 g/mol. The molecule has 2 aliphatic rings. The first-order chi connectivity index (χ1) is 20.3. The van der Waals surface area contributed by atoms with Crippen LogP contribution in [0, 0.1) is 35.0 Å². The summed E-state index contributed by atoms with van der Waals surface area (Å²) >= 11 is 0. The highest BCUT2D eigenvalue weighted by molar-refractivity contribution is 6.70. The quantitative estimate of drug-likeness (QED) is 0.139. The molecule has 3 nitrogen and oxygen atoms in total. The van der Waals surface area contributed by atoms with Gasteiger partial charge in [0.05, 0.1) is 5.60 Å². The van der Waals surface area contributed by atoms with E-state index in [1.807, 2.05) is 6.92 Å². The standard InChI is InChI=1S/C29H48F6O3Si2/c1-25(2,37-39(4,5)6)18-10-13-21(22-16-17-23-24(36)15-12-19-26(22,23)3)14-11-20-27(28(30,31)32,29(33,34)35)38-40(7,8)9/h21-23H,10,12-19H2,1-9H3/t21-,22-,23+,26-/m1/s1/i1D3,2D3. The summed E-state index contributed by atoms with van der Waals surface area (Å²) in [4.78, 5) is 12.8. The van der Waals surface area contributed by atoms with E-state index < -0.39 is 78.1 Å². The van der Waals surface area contributed by atoms with E-state index in [1.54, 1.807) is 19.6 Å². The van der Waals surface area contributed by atoms with Crippen molar-refractivity contribution < 1.29 is 48.2 Å². The summed E-state index contributed by atoms with van der Waals surface area (Å²) in [6.07, 6.45) is -9.95. The van der Waals surface area contributed by atoms with Crippen molar-refractivity contribution in [1.29, 1.82) is 0 Å². The average molecular weight is 621 g/mol. The maximum absolute atomic E-state index is 14.2. The van der Waals surface area contributed by atoms with Gasteiger partial charge in [-0.15, -0.1) is 0 Å². The average Bonchev–Trinajstić information content (AvgIpc) is 3.15. The molecule has 2 fully saturated rings. The van der Waals surface area contributed by atoms with Crippen LogP contribution in [0.15, 0.2) is 0 Å². The smallest absolute Gasteiger partial charge is 0.413 e. The first kappa shape index (κ1) is 26.8. The van der Waals surface area contributed by atoms with Crippen molar-refractivity contribution in [3.8, 4) is 11.8 Å². The fourth-order valence-corrected chi connectivity index (χ4v) is 8.93. The highest BCUT2D eigenvalue weighted by Gasteiger charge is 2.73. The van der Waals surface area contributed by atoms with Crippen LogP contribution in [0.4, 0.5) is 26.3 Å². The van der Waals surface area contributed by atoms with E-state index >= 15 is 0 Å². The number of halogens is 6. The molecule has 0 saturated heterocycles. The Balaban J connectivity index is 2.59. The molecule has 0 unspecified atom stereocenters. The van der Waals surface area contributed by atoms with Gasteiger partial charge in [0, 0.05) is 27.0 Å². The maximum Gasteiger partial charge on any atom is 0.437 e. The predicted molar refractivity (Wildman–Crippen MR) is 151 cm³/mol. The van der Waals surface area contributed by atoms with Crippen LogP contribution < -0.4 is 0 Å². The normalized spacial score (nSPS) is 28.7. The molecular weight excluding hydrogens is 566 g/mol. The molecule has 0 N–H and O–H groups in total. The molecule has 0 bridgehead atoms. The topological polar surface area (TPSA) is 35.5 Å². The van der Waals surface area contributed by atoms with Crippen LogP contribution in [0.1, 0.15) is 86.6 Å². The molecule has 232 valence electrons. The van der Waals surface area contributed by atoms with Crippen molar-refractivity contribution in [3.63, 3.8) is 0 Å². The number of carbonyl (C=O) groups excluding carboxylic acids is 1. The molecular formula is C29H48F6O3Si2. The molecule has 0 radical (unpaired) electrons. The second-order valence-corrected chi connectivity index (χ2v) is 22.5. The van der Waals surface area contributed by atoms with Gasteiger partial charge in [-0.3, -0.25) is 4.79 Å². The minimum Gasteiger partial charge on any atom is -0.413 e. The lowest BCUT2D eigenvalue weighted by atomic mass is 9.61. The second kappa shape index (κ2) is 12.0. The molecule has 0 aromatic rings. The SMILES string of the molecule is [2H]C([2H])([2H])C(CCC[C@H](CC#CC(O[Si](C)(C)C)(C(F)(F)F)C(F)(F)F)[C@H]1CC[C@H]2C(=O)CCC[C@]12C)(O[Si](C)(C)C)C([2H])([2H])[2H]. The van der Waals surface area contributed by atoms with Crippen molar-refractivity contribution in [2.24, 2.45) is 23.2 Å². The Hall–Kier alpha value is -0.836. The molecule has 0 spiro atoms. The van der Waals surface area contributed by atoms with E-state index in [0.717, 1.165) is 0 Å². The largest absolute Gasteiger partial charge is 0.437 e. The molecule has 11 heteroatoms. The molecule has 0 aromatic carbocycles. The number of hydrogen-bond donors (Lipinski definition) is 0. The third kappa shape index (κ3) is 8.60. The van der Waals surface area contributed by atoms with E-state index in [0.29, 0.717) is 32.1 Å². The van der Waals surface area contributed by atoms with Crippen molar-refractivity contribution in [2.45, 2.75) is 141 Å². The molecule has 2 saturated carbocycles. The van der Waals surface area contributed by atoms with E-state index in [1.165, 1.54) is 25.6 Å². The molecule has 0 heterocycles. The van der Waals surface area contributed by atoms with Crippen LogP contribution in [0.25, 0.3) is 0 Å². The number of alkyl halides is 6. The van der Waals surface area contributed by atoms with Gasteiger partial charge in [-0.1, -0.05) is 19.3 Å². The zero-order valence-electron chi connectivity index (χ0n) is 30.6. The lowest BCUT2D eigenvalue weighted by Crippen LogP contribution is -2.61. The third-order valence-corrected chi connectivity index (χ3v) is 9.86. The van der Waals surface area contributed by atoms with Gasteiger partial charge in [-0.2, -0.15) is 26.3 Å². The highest BCUT2D eigenvalue weighted by atomic mass is 28.4. The number of fused-ring (bicyclic) bond motifs is 1. The molecule has 2 aliphatic carbocycles. The van der Waals surface area contributed by atoms with Gasteiger partial charge in [-0.05, 0) is 115 Å². The maximum atomic E-state index is 14.2. The first-order valence-corrected chi connectivity index (χ1v) is 20.7. The molecule has 4 atom stereocenters. The Morgan fingerprint density at radius 1 is 1.00 bits per heavy atom. The Bertz CT molecular complexity index is 1120. The van der Waals surface area contributed by atoms with Crippen LogP contribution >= 0.6 is 0 Å². The van der Waals surface area contributed by atoms with Crippen LogP contribution in [0.5, 0.6) is 0 Å². The van der Waals surface area contributed by atoms with Crippen LogP contribution in [0.3, 0.4) is 0 Å². The van der Waals surface area contributed by atoms with Gasteiger partial charge in [0.25, 0.3) is 0 Å². The van der Waals surface area contributed by atoms with Gasteiger partial charge < -0.3 is 8.85 Å². The predicted octanol–water partition coefficient (Wildman–Crippen LogP) is 9.30. The van der Waals surface area contributed by atoms with Gasteiger partial charge in [0.2, 0.25) is 0 Å². The fourth-order valence-electron chi connectivity index (χ4n) is 6.59. The van der Waals surface area contributed by atoms with Crippen LogP contribution in [0.2, 0.25) is 39.3 Å². The number of hydrogen-bond acceptors (Lipinski definition) is 3. The third-order valence-electron chi connectivity index (χ3n) is 7.98. The Morgan fingerprint density at radius 3 is 2.08 bits per heavy atom. The van der Waals surface area contributed by atoms with Crippen molar-refractivity contribution in [1.82, 2.24) is 0 Å². The zero-order valence-corrected chi connectivity index (χ0v) is 26.6. The summed E-state index contributed by atoms with van der Waals surface area (Å²) in [5.41, 5.74) is -7.78.